The lowest BCUT2D eigenvalue weighted by atomic mass is 10.1. The van der Waals surface area contributed by atoms with E-state index in [1.165, 1.54) is 30.5 Å². The molecule has 3 rings (SSSR count). The Balaban J connectivity index is 1.52. The molecule has 0 radical (unpaired) electrons. The minimum Gasteiger partial charge on any atom is -0.490 e. The van der Waals surface area contributed by atoms with E-state index in [4.69, 9.17) is 14.2 Å². The number of fused-ring (bicyclic) bond motifs is 1. The first-order valence-corrected chi connectivity index (χ1v) is 11.7. The molecule has 1 heterocycles. The Kier molecular flexibility index (Phi) is 9.64. The van der Waals surface area contributed by atoms with Gasteiger partial charge in [-0.25, -0.2) is 9.59 Å². The van der Waals surface area contributed by atoms with E-state index >= 15 is 0 Å². The van der Waals surface area contributed by atoms with Crippen molar-refractivity contribution < 1.29 is 23.8 Å². The van der Waals surface area contributed by atoms with Gasteiger partial charge in [-0.2, -0.15) is 4.80 Å². The Labute approximate surface area is 199 Å². The van der Waals surface area contributed by atoms with Gasteiger partial charge >= 0.3 is 11.9 Å². The number of aromatic nitrogens is 3. The number of unbranched alkanes of at least 4 members (excludes halogenated alkanes) is 5. The molecule has 0 saturated heterocycles. The molecule has 0 amide bonds. The highest BCUT2D eigenvalue weighted by atomic mass is 16.6. The minimum absolute atomic E-state index is 0.141. The van der Waals surface area contributed by atoms with Crippen LogP contribution >= 0.6 is 0 Å². The molecule has 0 aliphatic carbocycles. The van der Waals surface area contributed by atoms with Gasteiger partial charge in [-0.1, -0.05) is 45.6 Å². The highest BCUT2D eigenvalue weighted by Crippen LogP contribution is 2.18. The largest absolute Gasteiger partial charge is 0.490 e. The molecule has 0 spiro atoms. The van der Waals surface area contributed by atoms with Gasteiger partial charge < -0.3 is 14.2 Å². The number of carbonyl (C=O) groups excluding carboxylic acids is 2. The predicted octanol–water partition coefficient (Wildman–Crippen LogP) is 5.05. The molecule has 0 N–H and O–H groups in total. The molecule has 0 fully saturated rings. The van der Waals surface area contributed by atoms with E-state index in [9.17, 15) is 9.59 Å². The molecular formula is C26H31N3O5. The maximum absolute atomic E-state index is 12.4. The highest BCUT2D eigenvalue weighted by Gasteiger charge is 2.11. The summed E-state index contributed by atoms with van der Waals surface area (Å²) in [6.07, 6.45) is 7.96. The number of esters is 2. The highest BCUT2D eigenvalue weighted by molar-refractivity contribution is 5.93. The van der Waals surface area contributed by atoms with Gasteiger partial charge in [-0.15, -0.1) is 10.2 Å². The van der Waals surface area contributed by atoms with Gasteiger partial charge in [0.05, 0.1) is 17.9 Å². The SMILES string of the molecule is C=CC(=O)OCCOc1ccc(-n2nc3ccc(C(=O)OCCCCCCCC)cc3n2)cc1. The number of carbonyl (C=O) groups is 2. The van der Waals surface area contributed by atoms with Gasteiger partial charge in [0.1, 0.15) is 30.0 Å². The van der Waals surface area contributed by atoms with Crippen LogP contribution in [0.3, 0.4) is 0 Å². The maximum Gasteiger partial charge on any atom is 0.338 e. The van der Waals surface area contributed by atoms with Gasteiger partial charge in [0.2, 0.25) is 0 Å². The summed E-state index contributed by atoms with van der Waals surface area (Å²) in [5.74, 6) is -0.194. The van der Waals surface area contributed by atoms with Crippen molar-refractivity contribution in [2.24, 2.45) is 0 Å². The van der Waals surface area contributed by atoms with Crippen molar-refractivity contribution in [3.05, 3.63) is 60.7 Å². The monoisotopic (exact) mass is 465 g/mol. The van der Waals surface area contributed by atoms with E-state index in [-0.39, 0.29) is 19.2 Å². The summed E-state index contributed by atoms with van der Waals surface area (Å²) in [5, 5.41) is 8.96. The first-order chi connectivity index (χ1) is 16.6. The number of hydrogen-bond acceptors (Lipinski definition) is 7. The zero-order valence-corrected chi connectivity index (χ0v) is 19.6. The van der Waals surface area contributed by atoms with E-state index in [1.807, 2.05) is 12.1 Å². The van der Waals surface area contributed by atoms with Crippen molar-refractivity contribution in [3.63, 3.8) is 0 Å². The third-order valence-electron chi connectivity index (χ3n) is 5.18. The Morgan fingerprint density at radius 2 is 1.62 bits per heavy atom. The minimum atomic E-state index is -0.481. The standard InChI is InChI=1S/C26H31N3O5/c1-3-5-6-7-8-9-16-34-26(31)20-10-15-23-24(19-20)28-29(27-23)21-11-13-22(14-12-21)32-17-18-33-25(30)4-2/h4,10-15,19H,2-3,5-9,16-18H2,1H3. The molecular weight excluding hydrogens is 434 g/mol. The maximum atomic E-state index is 12.4. The molecule has 0 saturated carbocycles. The molecule has 1 aromatic heterocycles. The fourth-order valence-electron chi connectivity index (χ4n) is 3.32. The fraction of sp³-hybridized carbons (Fsp3) is 0.385. The van der Waals surface area contributed by atoms with Crippen LogP contribution in [-0.4, -0.2) is 46.8 Å². The molecule has 2 aromatic carbocycles. The lowest BCUT2D eigenvalue weighted by Crippen LogP contribution is -2.10. The lowest BCUT2D eigenvalue weighted by molar-refractivity contribution is -0.138. The van der Waals surface area contributed by atoms with Crippen LogP contribution in [0.15, 0.2) is 55.1 Å². The summed E-state index contributed by atoms with van der Waals surface area (Å²) in [6, 6.07) is 12.4. The van der Waals surface area contributed by atoms with Gasteiger partial charge in [0.25, 0.3) is 0 Å². The smallest absolute Gasteiger partial charge is 0.338 e. The molecule has 34 heavy (non-hydrogen) atoms. The molecule has 0 atom stereocenters. The van der Waals surface area contributed by atoms with E-state index in [0.29, 0.717) is 29.0 Å². The van der Waals surface area contributed by atoms with E-state index in [2.05, 4.69) is 23.7 Å². The molecule has 8 nitrogen and oxygen atoms in total. The van der Waals surface area contributed by atoms with Gasteiger partial charge in [-0.3, -0.25) is 0 Å². The normalized spacial score (nSPS) is 10.7. The Hall–Kier alpha value is -3.68. The average Bonchev–Trinajstić information content (AvgIpc) is 3.29. The molecule has 0 aliphatic rings. The first-order valence-electron chi connectivity index (χ1n) is 11.7. The average molecular weight is 466 g/mol. The van der Waals surface area contributed by atoms with Crippen molar-refractivity contribution >= 4 is 23.0 Å². The first kappa shape index (κ1) is 25.0. The predicted molar refractivity (Wildman–Crippen MR) is 129 cm³/mol. The number of benzene rings is 2. The van der Waals surface area contributed by atoms with Crippen molar-refractivity contribution in [3.8, 4) is 11.4 Å². The molecule has 0 unspecified atom stereocenters. The third-order valence-corrected chi connectivity index (χ3v) is 5.18. The topological polar surface area (TPSA) is 92.5 Å². The van der Waals surface area contributed by atoms with Crippen molar-refractivity contribution in [1.29, 1.82) is 0 Å². The second-order valence-corrected chi connectivity index (χ2v) is 7.81. The third kappa shape index (κ3) is 7.43. The molecule has 180 valence electrons. The van der Waals surface area contributed by atoms with Gasteiger partial charge in [-0.05, 0) is 48.9 Å². The number of ether oxygens (including phenoxy) is 3. The van der Waals surface area contributed by atoms with Gasteiger partial charge in [0.15, 0.2) is 0 Å². The Morgan fingerprint density at radius 1 is 0.882 bits per heavy atom. The number of rotatable bonds is 14. The van der Waals surface area contributed by atoms with Crippen LogP contribution in [0.5, 0.6) is 5.75 Å². The van der Waals surface area contributed by atoms with Crippen molar-refractivity contribution in [2.45, 2.75) is 45.4 Å². The van der Waals surface area contributed by atoms with Crippen molar-refractivity contribution in [1.82, 2.24) is 15.0 Å². The summed E-state index contributed by atoms with van der Waals surface area (Å²) in [5.41, 5.74) is 2.50. The van der Waals surface area contributed by atoms with Crippen LogP contribution in [-0.2, 0) is 14.3 Å². The lowest BCUT2D eigenvalue weighted by Gasteiger charge is -2.07. The van der Waals surface area contributed by atoms with E-state index < -0.39 is 5.97 Å². The second-order valence-electron chi connectivity index (χ2n) is 7.81. The molecule has 0 bridgehead atoms. The number of hydrogen-bond donors (Lipinski definition) is 0. The molecule has 3 aromatic rings. The van der Waals surface area contributed by atoms with Crippen molar-refractivity contribution in [2.75, 3.05) is 19.8 Å². The van der Waals surface area contributed by atoms with Crippen LogP contribution in [0.1, 0.15) is 55.8 Å². The summed E-state index contributed by atoms with van der Waals surface area (Å²) in [4.78, 5) is 24.9. The quantitative estimate of drug-likeness (QED) is 0.187. The van der Waals surface area contributed by atoms with Crippen LogP contribution < -0.4 is 4.74 Å². The van der Waals surface area contributed by atoms with E-state index in [1.54, 1.807) is 30.3 Å². The zero-order chi connectivity index (χ0) is 24.2. The van der Waals surface area contributed by atoms with Crippen LogP contribution in [0.25, 0.3) is 16.7 Å². The Bertz CT molecular complexity index is 1090. The number of nitrogens with zero attached hydrogens (tertiary/aromatic N) is 3. The summed E-state index contributed by atoms with van der Waals surface area (Å²) in [6.45, 7) is 6.34. The summed E-state index contributed by atoms with van der Waals surface area (Å²) < 4.78 is 15.8. The van der Waals surface area contributed by atoms with Crippen LogP contribution in [0.4, 0.5) is 0 Å². The molecule has 0 aliphatic heterocycles. The molecule has 8 heteroatoms. The van der Waals surface area contributed by atoms with Crippen LogP contribution in [0.2, 0.25) is 0 Å². The van der Waals surface area contributed by atoms with Crippen LogP contribution in [0, 0.1) is 0 Å². The fourth-order valence-corrected chi connectivity index (χ4v) is 3.32. The Morgan fingerprint density at radius 3 is 2.38 bits per heavy atom. The van der Waals surface area contributed by atoms with Gasteiger partial charge in [0, 0.05) is 6.08 Å². The second kappa shape index (κ2) is 13.1. The summed E-state index contributed by atoms with van der Waals surface area (Å²) >= 11 is 0. The summed E-state index contributed by atoms with van der Waals surface area (Å²) in [7, 11) is 0. The van der Waals surface area contributed by atoms with E-state index in [0.717, 1.165) is 24.6 Å². The zero-order valence-electron chi connectivity index (χ0n) is 19.6.